The Kier molecular flexibility index (Phi) is 5.76. The second kappa shape index (κ2) is 8.22. The molecule has 6 heteroatoms. The SMILES string of the molecule is Cc1ccc(C)c(OCCOc2ccccc2-c2nc(C)c(C(=O)O)s2)c1. The molecule has 2 aromatic carbocycles. The molecule has 27 heavy (non-hydrogen) atoms. The van der Waals surface area contributed by atoms with Crippen molar-refractivity contribution in [3.05, 3.63) is 64.2 Å². The Hall–Kier alpha value is -2.86. The Balaban J connectivity index is 1.69. The molecule has 140 valence electrons. The van der Waals surface area contributed by atoms with Crippen molar-refractivity contribution in [1.82, 2.24) is 4.98 Å². The molecule has 0 bridgehead atoms. The number of carbonyl (C=O) groups is 1. The largest absolute Gasteiger partial charge is 0.490 e. The average Bonchev–Trinajstić information content (AvgIpc) is 3.03. The Morgan fingerprint density at radius 2 is 1.74 bits per heavy atom. The lowest BCUT2D eigenvalue weighted by Crippen LogP contribution is -2.10. The first-order chi connectivity index (χ1) is 13.0. The van der Waals surface area contributed by atoms with Crippen molar-refractivity contribution in [1.29, 1.82) is 0 Å². The van der Waals surface area contributed by atoms with E-state index in [1.54, 1.807) is 6.92 Å². The van der Waals surface area contributed by atoms with Gasteiger partial charge in [0.2, 0.25) is 0 Å². The molecular weight excluding hydrogens is 362 g/mol. The lowest BCUT2D eigenvalue weighted by atomic mass is 10.1. The van der Waals surface area contributed by atoms with Crippen LogP contribution in [0.4, 0.5) is 0 Å². The second-order valence-corrected chi connectivity index (χ2v) is 7.20. The number of ether oxygens (including phenoxy) is 2. The van der Waals surface area contributed by atoms with E-state index in [4.69, 9.17) is 9.47 Å². The molecule has 0 radical (unpaired) electrons. The van der Waals surface area contributed by atoms with Gasteiger partial charge in [0.1, 0.15) is 34.6 Å². The van der Waals surface area contributed by atoms with E-state index in [0.717, 1.165) is 33.8 Å². The van der Waals surface area contributed by atoms with Crippen LogP contribution in [0.25, 0.3) is 10.6 Å². The average molecular weight is 383 g/mol. The molecule has 0 saturated carbocycles. The van der Waals surface area contributed by atoms with Gasteiger partial charge in [-0.05, 0) is 50.1 Å². The normalized spacial score (nSPS) is 10.6. The maximum Gasteiger partial charge on any atom is 0.347 e. The number of aromatic nitrogens is 1. The van der Waals surface area contributed by atoms with Crippen molar-refractivity contribution in [2.75, 3.05) is 13.2 Å². The molecule has 0 amide bonds. The Labute approximate surface area is 162 Å². The maximum absolute atomic E-state index is 11.3. The topological polar surface area (TPSA) is 68.7 Å². The highest BCUT2D eigenvalue weighted by Crippen LogP contribution is 2.34. The summed E-state index contributed by atoms with van der Waals surface area (Å²) in [5, 5.41) is 9.88. The molecule has 5 nitrogen and oxygen atoms in total. The standard InChI is InChI=1S/C21H21NO4S/c1-13-8-9-14(2)18(12-13)26-11-10-25-17-7-5-4-6-16(17)20-22-15(3)19(27-20)21(23)24/h4-9,12H,10-11H2,1-3H3,(H,23,24). The zero-order chi connectivity index (χ0) is 19.4. The molecule has 1 heterocycles. The molecule has 0 aliphatic rings. The first-order valence-electron chi connectivity index (χ1n) is 8.58. The van der Waals surface area contributed by atoms with Crippen molar-refractivity contribution in [2.24, 2.45) is 0 Å². The summed E-state index contributed by atoms with van der Waals surface area (Å²) in [6, 6.07) is 13.6. The number of carboxylic acid groups (broad SMARTS) is 1. The first kappa shape index (κ1) is 18.9. The van der Waals surface area contributed by atoms with E-state index < -0.39 is 5.97 Å². The minimum Gasteiger partial charge on any atom is -0.490 e. The second-order valence-electron chi connectivity index (χ2n) is 6.20. The fourth-order valence-electron chi connectivity index (χ4n) is 2.65. The van der Waals surface area contributed by atoms with Crippen LogP contribution in [0.15, 0.2) is 42.5 Å². The van der Waals surface area contributed by atoms with Crippen molar-refractivity contribution in [3.8, 4) is 22.1 Å². The van der Waals surface area contributed by atoms with Gasteiger partial charge in [0, 0.05) is 0 Å². The number of nitrogens with zero attached hydrogens (tertiary/aromatic N) is 1. The highest BCUT2D eigenvalue weighted by Gasteiger charge is 2.17. The van der Waals surface area contributed by atoms with E-state index in [1.807, 2.05) is 50.2 Å². The minimum absolute atomic E-state index is 0.248. The Bertz CT molecular complexity index is 965. The van der Waals surface area contributed by atoms with E-state index in [2.05, 4.69) is 11.1 Å². The van der Waals surface area contributed by atoms with E-state index in [-0.39, 0.29) is 4.88 Å². The number of hydrogen-bond acceptors (Lipinski definition) is 5. The number of hydrogen-bond donors (Lipinski definition) is 1. The molecule has 0 fully saturated rings. The van der Waals surface area contributed by atoms with Crippen molar-refractivity contribution < 1.29 is 19.4 Å². The molecule has 1 N–H and O–H groups in total. The highest BCUT2D eigenvalue weighted by atomic mass is 32.1. The molecule has 0 unspecified atom stereocenters. The van der Waals surface area contributed by atoms with Crippen LogP contribution < -0.4 is 9.47 Å². The van der Waals surface area contributed by atoms with Gasteiger partial charge < -0.3 is 14.6 Å². The summed E-state index contributed by atoms with van der Waals surface area (Å²) >= 11 is 1.15. The molecule has 0 atom stereocenters. The van der Waals surface area contributed by atoms with Crippen LogP contribution >= 0.6 is 11.3 Å². The number of carboxylic acids is 1. The van der Waals surface area contributed by atoms with E-state index >= 15 is 0 Å². The molecule has 1 aromatic heterocycles. The summed E-state index contributed by atoms with van der Waals surface area (Å²) < 4.78 is 11.7. The van der Waals surface area contributed by atoms with Gasteiger partial charge in [0.25, 0.3) is 0 Å². The predicted octanol–water partition coefficient (Wildman–Crippen LogP) is 4.89. The fraction of sp³-hybridized carbons (Fsp3) is 0.238. The number of thiazole rings is 1. The zero-order valence-electron chi connectivity index (χ0n) is 15.5. The Morgan fingerprint density at radius 1 is 1.04 bits per heavy atom. The van der Waals surface area contributed by atoms with Crippen LogP contribution in [0.2, 0.25) is 0 Å². The molecule has 0 saturated heterocycles. The summed E-state index contributed by atoms with van der Waals surface area (Å²) in [5.74, 6) is 0.554. The monoisotopic (exact) mass is 383 g/mol. The predicted molar refractivity (Wildman–Crippen MR) is 106 cm³/mol. The number of aromatic carboxylic acids is 1. The van der Waals surface area contributed by atoms with Crippen LogP contribution in [-0.4, -0.2) is 29.3 Å². The first-order valence-corrected chi connectivity index (χ1v) is 9.40. The van der Waals surface area contributed by atoms with E-state index in [0.29, 0.717) is 29.7 Å². The third kappa shape index (κ3) is 4.46. The smallest absolute Gasteiger partial charge is 0.347 e. The number of para-hydroxylation sites is 1. The van der Waals surface area contributed by atoms with Crippen LogP contribution in [0.5, 0.6) is 11.5 Å². The Morgan fingerprint density at radius 3 is 2.44 bits per heavy atom. The summed E-state index contributed by atoms with van der Waals surface area (Å²) in [7, 11) is 0. The van der Waals surface area contributed by atoms with Gasteiger partial charge >= 0.3 is 5.97 Å². The van der Waals surface area contributed by atoms with Crippen molar-refractivity contribution >= 4 is 17.3 Å². The van der Waals surface area contributed by atoms with Crippen LogP contribution in [0.3, 0.4) is 0 Å². The quantitative estimate of drug-likeness (QED) is 0.588. The van der Waals surface area contributed by atoms with E-state index in [9.17, 15) is 9.90 Å². The fourth-order valence-corrected chi connectivity index (χ4v) is 3.58. The van der Waals surface area contributed by atoms with E-state index in [1.165, 1.54) is 0 Å². The molecule has 0 spiro atoms. The lowest BCUT2D eigenvalue weighted by Gasteiger charge is -2.12. The van der Waals surface area contributed by atoms with Crippen molar-refractivity contribution in [3.63, 3.8) is 0 Å². The summed E-state index contributed by atoms with van der Waals surface area (Å²) in [6.07, 6.45) is 0. The summed E-state index contributed by atoms with van der Waals surface area (Å²) in [6.45, 7) is 6.53. The van der Waals surface area contributed by atoms with Gasteiger partial charge in [0.05, 0.1) is 11.3 Å². The summed E-state index contributed by atoms with van der Waals surface area (Å²) in [5.41, 5.74) is 3.52. The van der Waals surface area contributed by atoms with Crippen LogP contribution in [0, 0.1) is 20.8 Å². The summed E-state index contributed by atoms with van der Waals surface area (Å²) in [4.78, 5) is 15.9. The van der Waals surface area contributed by atoms with Crippen molar-refractivity contribution in [2.45, 2.75) is 20.8 Å². The van der Waals surface area contributed by atoms with Gasteiger partial charge in [-0.1, -0.05) is 24.3 Å². The number of aryl methyl sites for hydroxylation is 3. The van der Waals surface area contributed by atoms with Crippen LogP contribution in [-0.2, 0) is 0 Å². The third-order valence-corrected chi connectivity index (χ3v) is 5.23. The van der Waals surface area contributed by atoms with Gasteiger partial charge in [-0.2, -0.15) is 0 Å². The zero-order valence-corrected chi connectivity index (χ0v) is 16.3. The van der Waals surface area contributed by atoms with Gasteiger partial charge in [-0.15, -0.1) is 11.3 Å². The highest BCUT2D eigenvalue weighted by molar-refractivity contribution is 7.17. The molecule has 0 aliphatic carbocycles. The van der Waals surface area contributed by atoms with Gasteiger partial charge in [0.15, 0.2) is 0 Å². The molecule has 0 aliphatic heterocycles. The molecule has 3 rings (SSSR count). The number of benzene rings is 2. The maximum atomic E-state index is 11.3. The lowest BCUT2D eigenvalue weighted by molar-refractivity contribution is 0.0701. The molecular formula is C21H21NO4S. The molecule has 3 aromatic rings. The van der Waals surface area contributed by atoms with Gasteiger partial charge in [-0.25, -0.2) is 9.78 Å². The third-order valence-electron chi connectivity index (χ3n) is 4.05. The number of rotatable bonds is 7. The van der Waals surface area contributed by atoms with Gasteiger partial charge in [-0.3, -0.25) is 0 Å². The van der Waals surface area contributed by atoms with Crippen LogP contribution in [0.1, 0.15) is 26.5 Å². The minimum atomic E-state index is -0.962.